The Labute approximate surface area is 224 Å². The molecule has 3 amide bonds. The van der Waals surface area contributed by atoms with E-state index in [-0.39, 0.29) is 31.5 Å². The number of aliphatic hydroxyl groups excluding tert-OH is 1. The number of cyclic esters (lactones) is 1. The number of nitrogens with two attached hydrogens (primary N) is 1. The van der Waals surface area contributed by atoms with Crippen LogP contribution in [-0.2, 0) is 14.3 Å². The van der Waals surface area contributed by atoms with Gasteiger partial charge in [0.05, 0.1) is 28.9 Å². The van der Waals surface area contributed by atoms with E-state index in [2.05, 4.69) is 0 Å². The molecule has 1 aromatic heterocycles. The molecule has 0 aliphatic carbocycles. The minimum absolute atomic E-state index is 0.0367. The highest BCUT2D eigenvalue weighted by Gasteiger charge is 2.36. The fourth-order valence-corrected chi connectivity index (χ4v) is 5.36. The summed E-state index contributed by atoms with van der Waals surface area (Å²) in [6.45, 7) is 1.81. The molecule has 0 bridgehead atoms. The predicted octanol–water partition coefficient (Wildman–Crippen LogP) is 3.07. The van der Waals surface area contributed by atoms with Gasteiger partial charge in [0.1, 0.15) is 18.9 Å². The van der Waals surface area contributed by atoms with Gasteiger partial charge in [-0.05, 0) is 62.2 Å². The summed E-state index contributed by atoms with van der Waals surface area (Å²) in [6.07, 6.45) is 0.575. The summed E-state index contributed by atoms with van der Waals surface area (Å²) in [7, 11) is 0. The highest BCUT2D eigenvalue weighted by molar-refractivity contribution is 7.17. The van der Waals surface area contributed by atoms with Crippen LogP contribution in [0.3, 0.4) is 0 Å². The van der Waals surface area contributed by atoms with Crippen molar-refractivity contribution in [3.63, 3.8) is 0 Å². The summed E-state index contributed by atoms with van der Waals surface area (Å²) in [5.74, 6) is -0.477. The minimum atomic E-state index is -1.04. The van der Waals surface area contributed by atoms with Crippen LogP contribution in [0.2, 0.25) is 4.34 Å². The first-order valence-corrected chi connectivity index (χ1v) is 13.5. The first-order chi connectivity index (χ1) is 17.9. The first kappa shape index (κ1) is 27.3. The van der Waals surface area contributed by atoms with Gasteiger partial charge in [-0.25, -0.2) is 4.79 Å². The quantitative estimate of drug-likeness (QED) is 0.325. The lowest BCUT2D eigenvalue weighted by Crippen LogP contribution is -2.45. The van der Waals surface area contributed by atoms with Crippen molar-refractivity contribution in [2.24, 2.45) is 5.73 Å². The molecular formula is C25H31ClN4O6S. The molecule has 1 aromatic carbocycles. The molecule has 2 fully saturated rings. The molecule has 37 heavy (non-hydrogen) atoms. The number of halogens is 1. The molecule has 0 radical (unpaired) electrons. The number of aliphatic hydroxyl groups is 1. The summed E-state index contributed by atoms with van der Waals surface area (Å²) in [5.41, 5.74) is 6.89. The van der Waals surface area contributed by atoms with Gasteiger partial charge in [0, 0.05) is 17.9 Å². The number of amides is 3. The molecule has 0 spiro atoms. The molecule has 1 unspecified atom stereocenters. The third kappa shape index (κ3) is 6.79. The number of rotatable bonds is 11. The Kier molecular flexibility index (Phi) is 9.38. The van der Waals surface area contributed by atoms with Crippen LogP contribution in [0.5, 0.6) is 0 Å². The smallest absolute Gasteiger partial charge is 0.414 e. The number of ether oxygens (including phenoxy) is 2. The van der Waals surface area contributed by atoms with Gasteiger partial charge in [-0.2, -0.15) is 0 Å². The summed E-state index contributed by atoms with van der Waals surface area (Å²) < 4.78 is 11.2. The third-order valence-corrected chi connectivity index (χ3v) is 7.52. The zero-order chi connectivity index (χ0) is 26.4. The van der Waals surface area contributed by atoms with Crippen molar-refractivity contribution in [2.75, 3.05) is 49.2 Å². The first-order valence-electron chi connectivity index (χ1n) is 12.3. The molecular weight excluding hydrogens is 520 g/mol. The van der Waals surface area contributed by atoms with Crippen LogP contribution in [-0.4, -0.2) is 79.6 Å². The van der Waals surface area contributed by atoms with E-state index in [1.807, 2.05) is 0 Å². The van der Waals surface area contributed by atoms with E-state index in [1.54, 1.807) is 41.3 Å². The lowest BCUT2D eigenvalue weighted by molar-refractivity contribution is -0.125. The lowest BCUT2D eigenvalue weighted by atomic mass is 10.1. The number of anilines is 2. The zero-order valence-electron chi connectivity index (χ0n) is 20.4. The van der Waals surface area contributed by atoms with Gasteiger partial charge >= 0.3 is 6.09 Å². The van der Waals surface area contributed by atoms with Crippen LogP contribution in [0, 0.1) is 0 Å². The van der Waals surface area contributed by atoms with Crippen LogP contribution < -0.4 is 15.5 Å². The molecule has 10 nitrogen and oxygen atoms in total. The van der Waals surface area contributed by atoms with Gasteiger partial charge < -0.3 is 30.1 Å². The van der Waals surface area contributed by atoms with E-state index in [4.69, 9.17) is 26.8 Å². The van der Waals surface area contributed by atoms with Gasteiger partial charge in [0.2, 0.25) is 0 Å². The van der Waals surface area contributed by atoms with Crippen molar-refractivity contribution >= 4 is 52.2 Å². The van der Waals surface area contributed by atoms with Gasteiger partial charge in [-0.1, -0.05) is 18.0 Å². The lowest BCUT2D eigenvalue weighted by Gasteiger charge is -2.29. The summed E-state index contributed by atoms with van der Waals surface area (Å²) >= 11 is 7.16. The second kappa shape index (κ2) is 12.7. The van der Waals surface area contributed by atoms with Gasteiger partial charge in [0.15, 0.2) is 0 Å². The number of unbranched alkanes of at least 4 members (excludes halogenated alkanes) is 2. The second-order valence-electron chi connectivity index (χ2n) is 8.91. The van der Waals surface area contributed by atoms with E-state index in [1.165, 1.54) is 9.80 Å². The Morgan fingerprint density at radius 1 is 1.14 bits per heavy atom. The molecule has 2 aromatic rings. The number of benzene rings is 1. The number of thiophene rings is 1. The fourth-order valence-electron chi connectivity index (χ4n) is 4.36. The molecule has 2 atom stereocenters. The Balaban J connectivity index is 1.43. The van der Waals surface area contributed by atoms with Gasteiger partial charge in [-0.15, -0.1) is 11.3 Å². The molecule has 12 heteroatoms. The van der Waals surface area contributed by atoms with Crippen LogP contribution >= 0.6 is 22.9 Å². The monoisotopic (exact) mass is 550 g/mol. The number of hydrogen-bond donors (Lipinski definition) is 2. The topological polar surface area (TPSA) is 126 Å². The maximum Gasteiger partial charge on any atom is 0.414 e. The van der Waals surface area contributed by atoms with Crippen molar-refractivity contribution in [1.82, 2.24) is 4.90 Å². The van der Waals surface area contributed by atoms with Crippen LogP contribution in [0.15, 0.2) is 36.4 Å². The molecule has 3 N–H and O–H groups in total. The Hall–Kier alpha value is -2.70. The van der Waals surface area contributed by atoms with E-state index in [9.17, 15) is 19.5 Å². The van der Waals surface area contributed by atoms with Crippen LogP contribution in [0.1, 0.15) is 35.4 Å². The van der Waals surface area contributed by atoms with Crippen LogP contribution in [0.4, 0.5) is 16.2 Å². The number of carbonyl (C=O) groups excluding carboxylic acids is 3. The summed E-state index contributed by atoms with van der Waals surface area (Å²) in [5, 5.41) is 10.9. The molecule has 2 saturated heterocycles. The Morgan fingerprint density at radius 2 is 1.86 bits per heavy atom. The molecule has 200 valence electrons. The van der Waals surface area contributed by atoms with E-state index >= 15 is 0 Å². The summed E-state index contributed by atoms with van der Waals surface area (Å²) in [6, 6.07) is 10.3. The van der Waals surface area contributed by atoms with E-state index in [0.29, 0.717) is 47.4 Å². The average Bonchev–Trinajstić information content (AvgIpc) is 3.50. The fraction of sp³-hybridized carbons (Fsp3) is 0.480. The molecule has 3 heterocycles. The maximum atomic E-state index is 13.2. The van der Waals surface area contributed by atoms with E-state index in [0.717, 1.165) is 29.9 Å². The zero-order valence-corrected chi connectivity index (χ0v) is 22.0. The third-order valence-electron chi connectivity index (χ3n) is 6.30. The number of nitrogens with zero attached hydrogens (tertiary/aromatic N) is 3. The van der Waals surface area contributed by atoms with Crippen LogP contribution in [0.25, 0.3) is 0 Å². The van der Waals surface area contributed by atoms with Crippen molar-refractivity contribution < 1.29 is 29.0 Å². The Morgan fingerprint density at radius 3 is 2.51 bits per heavy atom. The SMILES string of the molecule is NCCCCCC(O)N(C[C@H]1CN(c2ccc(N3CCOCC3=O)cc2)C(=O)O1)C(=O)c1ccc(Cl)s1. The van der Waals surface area contributed by atoms with Gasteiger partial charge in [0.25, 0.3) is 11.8 Å². The molecule has 2 aliphatic rings. The largest absolute Gasteiger partial charge is 0.442 e. The van der Waals surface area contributed by atoms with Crippen molar-refractivity contribution in [3.8, 4) is 0 Å². The molecule has 0 saturated carbocycles. The average molecular weight is 551 g/mol. The van der Waals surface area contributed by atoms with Crippen molar-refractivity contribution in [2.45, 2.75) is 38.0 Å². The number of hydrogen-bond acceptors (Lipinski definition) is 8. The molecule has 4 rings (SSSR count). The standard InChI is InChI=1S/C25H31ClN4O6S/c26-21-10-9-20(37-21)24(33)30(22(31)4-2-1-3-11-27)15-19-14-29(25(34)36-19)18-7-5-17(6-8-18)28-12-13-35-16-23(28)32/h5-10,19,22,31H,1-4,11-16,27H2/t19-,22?/m1/s1. The minimum Gasteiger partial charge on any atom is -0.442 e. The maximum absolute atomic E-state index is 13.2. The normalized spacial score (nSPS) is 18.7. The highest BCUT2D eigenvalue weighted by atomic mass is 35.5. The Bertz CT molecular complexity index is 1100. The number of carbonyl (C=O) groups is 3. The van der Waals surface area contributed by atoms with Crippen molar-refractivity contribution in [1.29, 1.82) is 0 Å². The predicted molar refractivity (Wildman–Crippen MR) is 141 cm³/mol. The van der Waals surface area contributed by atoms with E-state index < -0.39 is 18.4 Å². The number of morpholine rings is 1. The van der Waals surface area contributed by atoms with Crippen molar-refractivity contribution in [3.05, 3.63) is 45.6 Å². The molecule has 2 aliphatic heterocycles. The highest BCUT2D eigenvalue weighted by Crippen LogP contribution is 2.28. The second-order valence-corrected chi connectivity index (χ2v) is 10.6. The van der Waals surface area contributed by atoms with Gasteiger partial charge in [-0.3, -0.25) is 14.5 Å². The summed E-state index contributed by atoms with van der Waals surface area (Å²) in [4.78, 5) is 42.9.